The third-order valence-corrected chi connectivity index (χ3v) is 5.24. The standard InChI is InChI=1S/C17H34N2O2/c1-13-7-4-5-10-17(13)21-12-16(20)11-18-19-14(2)8-6-9-15(19)3/h13-18,20H,4-12H2,1-3H3. The molecule has 0 aromatic heterocycles. The molecule has 4 nitrogen and oxygen atoms in total. The fraction of sp³-hybridized carbons (Fsp3) is 1.00. The number of hydrazine groups is 1. The van der Waals surface area contributed by atoms with E-state index in [1.54, 1.807) is 0 Å². The van der Waals surface area contributed by atoms with E-state index >= 15 is 0 Å². The first-order chi connectivity index (χ1) is 10.1. The Morgan fingerprint density at radius 3 is 2.38 bits per heavy atom. The molecule has 2 aliphatic rings. The molecule has 1 aliphatic heterocycles. The van der Waals surface area contributed by atoms with Gasteiger partial charge in [0.2, 0.25) is 0 Å². The Morgan fingerprint density at radius 1 is 1.05 bits per heavy atom. The molecule has 21 heavy (non-hydrogen) atoms. The summed E-state index contributed by atoms with van der Waals surface area (Å²) in [4.78, 5) is 0. The molecule has 1 saturated heterocycles. The lowest BCUT2D eigenvalue weighted by Gasteiger charge is -2.39. The van der Waals surface area contributed by atoms with Crippen molar-refractivity contribution in [3.63, 3.8) is 0 Å². The smallest absolute Gasteiger partial charge is 0.0911 e. The maximum atomic E-state index is 10.2. The quantitative estimate of drug-likeness (QED) is 0.791. The summed E-state index contributed by atoms with van der Waals surface area (Å²) in [5.41, 5.74) is 3.42. The van der Waals surface area contributed by atoms with E-state index in [0.29, 0.717) is 37.3 Å². The number of hydrogen-bond donors (Lipinski definition) is 2. The third kappa shape index (κ3) is 5.20. The molecule has 2 fully saturated rings. The minimum atomic E-state index is -0.416. The molecule has 0 aromatic rings. The van der Waals surface area contributed by atoms with Gasteiger partial charge in [0.15, 0.2) is 0 Å². The number of nitrogens with one attached hydrogen (secondary N) is 1. The molecular weight excluding hydrogens is 264 g/mol. The van der Waals surface area contributed by atoms with Gasteiger partial charge in [0, 0.05) is 18.6 Å². The van der Waals surface area contributed by atoms with Crippen molar-refractivity contribution >= 4 is 0 Å². The van der Waals surface area contributed by atoms with Gasteiger partial charge in [-0.15, -0.1) is 0 Å². The monoisotopic (exact) mass is 298 g/mol. The molecule has 1 heterocycles. The first kappa shape index (κ1) is 17.2. The Labute approximate surface area is 130 Å². The summed E-state index contributed by atoms with van der Waals surface area (Å²) < 4.78 is 5.94. The SMILES string of the molecule is CC1CCCCC1OCC(O)CNN1C(C)CCCC1C. The largest absolute Gasteiger partial charge is 0.389 e. The number of piperidine rings is 1. The Balaban J connectivity index is 1.65. The fourth-order valence-corrected chi connectivity index (χ4v) is 3.77. The van der Waals surface area contributed by atoms with Gasteiger partial charge in [-0.2, -0.15) is 0 Å². The average Bonchev–Trinajstić information content (AvgIpc) is 2.46. The van der Waals surface area contributed by atoms with Gasteiger partial charge in [0.05, 0.1) is 18.8 Å². The summed E-state index contributed by atoms with van der Waals surface area (Å²) in [6.45, 7) is 7.84. The first-order valence-corrected chi connectivity index (χ1v) is 8.89. The van der Waals surface area contributed by atoms with E-state index in [-0.39, 0.29) is 0 Å². The van der Waals surface area contributed by atoms with Gasteiger partial charge in [-0.1, -0.05) is 26.2 Å². The fourth-order valence-electron chi connectivity index (χ4n) is 3.77. The first-order valence-electron chi connectivity index (χ1n) is 8.89. The molecule has 5 unspecified atom stereocenters. The minimum Gasteiger partial charge on any atom is -0.389 e. The molecule has 2 N–H and O–H groups in total. The number of hydrogen-bond acceptors (Lipinski definition) is 4. The maximum absolute atomic E-state index is 10.2. The summed E-state index contributed by atoms with van der Waals surface area (Å²) in [6.07, 6.45) is 8.74. The van der Waals surface area contributed by atoms with Crippen molar-refractivity contribution in [3.8, 4) is 0 Å². The topological polar surface area (TPSA) is 44.7 Å². The molecule has 5 atom stereocenters. The van der Waals surface area contributed by atoms with Crippen LogP contribution in [0.1, 0.15) is 65.7 Å². The van der Waals surface area contributed by atoms with Crippen LogP contribution in [0.15, 0.2) is 0 Å². The molecule has 2 rings (SSSR count). The number of aliphatic hydroxyl groups is 1. The van der Waals surface area contributed by atoms with Gasteiger partial charge >= 0.3 is 0 Å². The van der Waals surface area contributed by atoms with E-state index in [2.05, 4.69) is 31.2 Å². The summed E-state index contributed by atoms with van der Waals surface area (Å²) in [6, 6.07) is 1.11. The van der Waals surface area contributed by atoms with Gasteiger partial charge in [-0.25, -0.2) is 5.01 Å². The van der Waals surface area contributed by atoms with Crippen molar-refractivity contribution in [3.05, 3.63) is 0 Å². The molecule has 0 amide bonds. The molecule has 4 heteroatoms. The van der Waals surface area contributed by atoms with Crippen LogP contribution >= 0.6 is 0 Å². The lowest BCUT2D eigenvalue weighted by Crippen LogP contribution is -2.54. The van der Waals surface area contributed by atoms with E-state index < -0.39 is 6.10 Å². The Morgan fingerprint density at radius 2 is 1.71 bits per heavy atom. The Bertz CT molecular complexity index is 291. The highest BCUT2D eigenvalue weighted by Gasteiger charge is 2.26. The predicted molar refractivity (Wildman–Crippen MR) is 86.0 cm³/mol. The van der Waals surface area contributed by atoms with E-state index in [0.717, 1.165) is 6.42 Å². The number of rotatable bonds is 6. The van der Waals surface area contributed by atoms with E-state index in [1.807, 2.05) is 0 Å². The second-order valence-corrected chi connectivity index (χ2v) is 7.19. The van der Waals surface area contributed by atoms with Crippen molar-refractivity contribution in [2.24, 2.45) is 5.92 Å². The van der Waals surface area contributed by atoms with Crippen molar-refractivity contribution in [1.29, 1.82) is 0 Å². The van der Waals surface area contributed by atoms with Crippen LogP contribution < -0.4 is 5.43 Å². The van der Waals surface area contributed by atoms with Crippen LogP contribution in [0, 0.1) is 5.92 Å². The zero-order valence-electron chi connectivity index (χ0n) is 14.1. The number of ether oxygens (including phenoxy) is 1. The Kier molecular flexibility index (Phi) is 6.93. The van der Waals surface area contributed by atoms with Crippen LogP contribution in [-0.4, -0.2) is 47.6 Å². The zero-order valence-corrected chi connectivity index (χ0v) is 14.1. The Hall–Kier alpha value is -0.160. The van der Waals surface area contributed by atoms with Gasteiger partial charge in [-0.05, 0) is 45.4 Å². The average molecular weight is 298 g/mol. The van der Waals surface area contributed by atoms with Crippen LogP contribution in [0.2, 0.25) is 0 Å². The van der Waals surface area contributed by atoms with Crippen LogP contribution in [0.5, 0.6) is 0 Å². The molecule has 0 spiro atoms. The van der Waals surface area contributed by atoms with Crippen LogP contribution in [0.4, 0.5) is 0 Å². The summed E-state index contributed by atoms with van der Waals surface area (Å²) in [5, 5.41) is 12.5. The highest BCUT2D eigenvalue weighted by molar-refractivity contribution is 4.78. The zero-order chi connectivity index (χ0) is 15.2. The molecule has 0 radical (unpaired) electrons. The maximum Gasteiger partial charge on any atom is 0.0911 e. The normalized spacial score (nSPS) is 36.6. The van der Waals surface area contributed by atoms with Gasteiger partial charge in [0.25, 0.3) is 0 Å². The number of nitrogens with zero attached hydrogens (tertiary/aromatic N) is 1. The summed E-state index contributed by atoms with van der Waals surface area (Å²) in [5.74, 6) is 0.640. The highest BCUT2D eigenvalue weighted by atomic mass is 16.5. The lowest BCUT2D eigenvalue weighted by molar-refractivity contribution is -0.0543. The lowest BCUT2D eigenvalue weighted by atomic mass is 9.88. The van der Waals surface area contributed by atoms with Crippen LogP contribution in [0.25, 0.3) is 0 Å². The van der Waals surface area contributed by atoms with Gasteiger partial charge in [0.1, 0.15) is 0 Å². The van der Waals surface area contributed by atoms with Gasteiger partial charge in [-0.3, -0.25) is 5.43 Å². The van der Waals surface area contributed by atoms with E-state index in [4.69, 9.17) is 4.74 Å². The van der Waals surface area contributed by atoms with Crippen molar-refractivity contribution < 1.29 is 9.84 Å². The van der Waals surface area contributed by atoms with Crippen LogP contribution in [0.3, 0.4) is 0 Å². The molecule has 1 aliphatic carbocycles. The predicted octanol–water partition coefficient (Wildman–Crippen LogP) is 2.71. The van der Waals surface area contributed by atoms with Crippen molar-refractivity contribution in [1.82, 2.24) is 10.4 Å². The highest BCUT2D eigenvalue weighted by Crippen LogP contribution is 2.26. The third-order valence-electron chi connectivity index (χ3n) is 5.24. The molecule has 0 aromatic carbocycles. The van der Waals surface area contributed by atoms with E-state index in [1.165, 1.54) is 38.5 Å². The van der Waals surface area contributed by atoms with Crippen molar-refractivity contribution in [2.45, 2.75) is 90.0 Å². The van der Waals surface area contributed by atoms with Crippen LogP contribution in [-0.2, 0) is 4.74 Å². The second-order valence-electron chi connectivity index (χ2n) is 7.19. The second kappa shape index (κ2) is 8.47. The van der Waals surface area contributed by atoms with E-state index in [9.17, 15) is 5.11 Å². The summed E-state index contributed by atoms with van der Waals surface area (Å²) in [7, 11) is 0. The molecule has 124 valence electrons. The van der Waals surface area contributed by atoms with Crippen molar-refractivity contribution in [2.75, 3.05) is 13.2 Å². The minimum absolute atomic E-state index is 0.348. The molecule has 1 saturated carbocycles. The number of aliphatic hydroxyl groups excluding tert-OH is 1. The molecular formula is C17H34N2O2. The molecule has 0 bridgehead atoms. The van der Waals surface area contributed by atoms with Gasteiger partial charge < -0.3 is 9.84 Å². The summed E-state index contributed by atoms with van der Waals surface area (Å²) >= 11 is 0.